The van der Waals surface area contributed by atoms with Crippen molar-refractivity contribution in [3.63, 3.8) is 0 Å². The van der Waals surface area contributed by atoms with E-state index in [1.54, 1.807) is 6.08 Å². The Morgan fingerprint density at radius 1 is 0.529 bits per heavy atom. The quantitative estimate of drug-likeness (QED) is 0.0196. The molecule has 1 aliphatic heterocycles. The van der Waals surface area contributed by atoms with Gasteiger partial charge in [-0.3, -0.25) is 9.59 Å². The predicted octanol–water partition coefficient (Wildman–Crippen LogP) is 12.8. The summed E-state index contributed by atoms with van der Waals surface area (Å²) in [5.74, 6) is -0.206. The van der Waals surface area contributed by atoms with Crippen LogP contribution < -0.4 is 5.32 Å². The van der Waals surface area contributed by atoms with Gasteiger partial charge < -0.3 is 45.1 Å². The summed E-state index contributed by atoms with van der Waals surface area (Å²) in [6.07, 6.45) is 44.5. The van der Waals surface area contributed by atoms with Gasteiger partial charge in [0.2, 0.25) is 5.91 Å². The lowest BCUT2D eigenvalue weighted by Crippen LogP contribution is -2.60. The number of carbonyl (C=O) groups excluding carboxylic acids is 2. The van der Waals surface area contributed by atoms with Crippen LogP contribution in [0.4, 0.5) is 0 Å². The number of unbranched alkanes of at least 4 members (excludes halogenated alkanes) is 36. The number of esters is 1. The van der Waals surface area contributed by atoms with Gasteiger partial charge in [0.05, 0.1) is 32.0 Å². The smallest absolute Gasteiger partial charge is 0.305 e. The molecule has 7 unspecified atom stereocenters. The third kappa shape index (κ3) is 37.2. The minimum atomic E-state index is -1.57. The van der Waals surface area contributed by atoms with E-state index in [2.05, 4.69) is 19.2 Å². The van der Waals surface area contributed by atoms with Crippen molar-refractivity contribution in [1.82, 2.24) is 5.32 Å². The molecule has 1 fully saturated rings. The zero-order chi connectivity index (χ0) is 49.6. The highest BCUT2D eigenvalue weighted by Crippen LogP contribution is 2.23. The lowest BCUT2D eigenvalue weighted by Gasteiger charge is -2.40. The highest BCUT2D eigenvalue weighted by molar-refractivity contribution is 5.76. The van der Waals surface area contributed by atoms with Gasteiger partial charge in [-0.2, -0.15) is 0 Å². The van der Waals surface area contributed by atoms with Crippen LogP contribution in [-0.4, -0.2) is 100 Å². The first kappa shape index (κ1) is 64.4. The van der Waals surface area contributed by atoms with Gasteiger partial charge in [-0.15, -0.1) is 0 Å². The van der Waals surface area contributed by atoms with E-state index >= 15 is 0 Å². The molecule has 11 heteroatoms. The van der Waals surface area contributed by atoms with Gasteiger partial charge in [0.25, 0.3) is 0 Å². The first-order valence-corrected chi connectivity index (χ1v) is 29.0. The Labute approximate surface area is 417 Å². The molecule has 1 heterocycles. The van der Waals surface area contributed by atoms with Crippen molar-refractivity contribution in [3.8, 4) is 0 Å². The summed E-state index contributed by atoms with van der Waals surface area (Å²) < 4.78 is 16.7. The third-order valence-electron chi connectivity index (χ3n) is 13.9. The minimum absolute atomic E-state index is 0.0150. The second-order valence-corrected chi connectivity index (χ2v) is 20.4. The summed E-state index contributed by atoms with van der Waals surface area (Å²) >= 11 is 0. The Kier molecular flexibility index (Phi) is 45.2. The summed E-state index contributed by atoms with van der Waals surface area (Å²) in [4.78, 5) is 25.1. The maximum atomic E-state index is 13.0. The molecular formula is C57H109NO10. The third-order valence-corrected chi connectivity index (χ3v) is 13.9. The Hall–Kier alpha value is -1.60. The molecule has 0 aromatic rings. The van der Waals surface area contributed by atoms with Crippen molar-refractivity contribution in [2.45, 2.75) is 320 Å². The predicted molar refractivity (Wildman–Crippen MR) is 278 cm³/mol. The fraction of sp³-hybridized carbons (Fsp3) is 0.930. The molecule has 7 atom stereocenters. The van der Waals surface area contributed by atoms with Crippen molar-refractivity contribution in [2.75, 3.05) is 19.8 Å². The fourth-order valence-corrected chi connectivity index (χ4v) is 9.26. The minimum Gasteiger partial charge on any atom is -0.466 e. The normalized spacial score (nSPS) is 19.4. The maximum Gasteiger partial charge on any atom is 0.305 e. The summed E-state index contributed by atoms with van der Waals surface area (Å²) in [7, 11) is 0. The molecule has 0 bridgehead atoms. The Balaban J connectivity index is 2.04. The van der Waals surface area contributed by atoms with E-state index in [1.807, 2.05) is 6.08 Å². The number of carbonyl (C=O) groups is 2. The second-order valence-electron chi connectivity index (χ2n) is 20.4. The number of nitrogens with one attached hydrogen (secondary N) is 1. The van der Waals surface area contributed by atoms with Gasteiger partial charge in [0, 0.05) is 12.8 Å². The molecule has 11 nitrogen and oxygen atoms in total. The zero-order valence-corrected chi connectivity index (χ0v) is 44.1. The molecule has 0 saturated carbocycles. The van der Waals surface area contributed by atoms with Gasteiger partial charge in [0.15, 0.2) is 6.29 Å². The largest absolute Gasteiger partial charge is 0.466 e. The van der Waals surface area contributed by atoms with E-state index in [0.29, 0.717) is 19.4 Å². The molecule has 68 heavy (non-hydrogen) atoms. The summed E-state index contributed by atoms with van der Waals surface area (Å²) in [6.45, 7) is 4.30. The van der Waals surface area contributed by atoms with Gasteiger partial charge in [-0.1, -0.05) is 244 Å². The lowest BCUT2D eigenvalue weighted by atomic mass is 9.99. The molecule has 0 aromatic heterocycles. The average molecular weight is 968 g/mol. The molecule has 402 valence electrons. The summed E-state index contributed by atoms with van der Waals surface area (Å²) in [6, 6.07) is -0.814. The highest BCUT2D eigenvalue weighted by atomic mass is 16.7. The van der Waals surface area contributed by atoms with Crippen molar-refractivity contribution >= 4 is 11.9 Å². The van der Waals surface area contributed by atoms with Crippen molar-refractivity contribution in [1.29, 1.82) is 0 Å². The maximum absolute atomic E-state index is 13.0. The number of aliphatic hydroxyl groups is 5. The van der Waals surface area contributed by atoms with Crippen LogP contribution in [0.25, 0.3) is 0 Å². The van der Waals surface area contributed by atoms with Gasteiger partial charge >= 0.3 is 5.97 Å². The molecule has 1 rings (SSSR count). The molecule has 1 aliphatic rings. The van der Waals surface area contributed by atoms with Crippen LogP contribution >= 0.6 is 0 Å². The van der Waals surface area contributed by atoms with Crippen molar-refractivity contribution < 1.29 is 49.3 Å². The lowest BCUT2D eigenvalue weighted by molar-refractivity contribution is -0.302. The summed E-state index contributed by atoms with van der Waals surface area (Å²) in [5.41, 5.74) is 0. The van der Waals surface area contributed by atoms with E-state index in [-0.39, 0.29) is 18.5 Å². The Morgan fingerprint density at radius 2 is 0.926 bits per heavy atom. The monoisotopic (exact) mass is 968 g/mol. The number of rotatable bonds is 50. The van der Waals surface area contributed by atoms with Crippen molar-refractivity contribution in [3.05, 3.63) is 12.2 Å². The molecule has 1 amide bonds. The first-order chi connectivity index (χ1) is 33.2. The van der Waals surface area contributed by atoms with E-state index in [4.69, 9.17) is 14.2 Å². The van der Waals surface area contributed by atoms with Crippen LogP contribution in [0.15, 0.2) is 12.2 Å². The highest BCUT2D eigenvalue weighted by Gasteiger charge is 2.44. The van der Waals surface area contributed by atoms with Crippen LogP contribution in [0.1, 0.15) is 277 Å². The number of allylic oxidation sites excluding steroid dienone is 1. The molecule has 0 aromatic carbocycles. The van der Waals surface area contributed by atoms with E-state index in [9.17, 15) is 35.1 Å². The first-order valence-electron chi connectivity index (χ1n) is 29.0. The average Bonchev–Trinajstić information content (AvgIpc) is 3.33. The van der Waals surface area contributed by atoms with E-state index in [0.717, 1.165) is 70.6 Å². The van der Waals surface area contributed by atoms with Gasteiger partial charge in [-0.05, 0) is 32.1 Å². The van der Waals surface area contributed by atoms with Crippen molar-refractivity contribution in [2.24, 2.45) is 0 Å². The molecule has 0 spiro atoms. The van der Waals surface area contributed by atoms with Crippen LogP contribution in [0.2, 0.25) is 0 Å². The molecule has 6 N–H and O–H groups in total. The number of aliphatic hydroxyl groups excluding tert-OH is 5. The van der Waals surface area contributed by atoms with Gasteiger partial charge in [0.1, 0.15) is 24.4 Å². The topological polar surface area (TPSA) is 175 Å². The van der Waals surface area contributed by atoms with Gasteiger partial charge in [-0.25, -0.2) is 0 Å². The Bertz CT molecular complexity index is 1140. The molecule has 0 aliphatic carbocycles. The standard InChI is InChI=1S/C57H109NO10/c1-3-5-7-9-11-13-14-15-16-19-22-25-29-33-37-41-45-53(62)66-46-42-38-34-30-26-23-20-17-18-21-24-28-32-36-40-44-52(61)58-49(50(60)43-39-35-31-27-12-10-8-6-4-2)48-67-57-56(65)55(64)54(63)51(47-59)68-57/h39,43,49-51,54-57,59-60,63-65H,3-38,40-42,44-48H2,1-2H3,(H,58,61)/b43-39+. The number of amides is 1. The zero-order valence-electron chi connectivity index (χ0n) is 44.1. The number of ether oxygens (including phenoxy) is 3. The van der Waals surface area contributed by atoms with Crippen LogP contribution in [0, 0.1) is 0 Å². The summed E-state index contributed by atoms with van der Waals surface area (Å²) in [5, 5.41) is 54.2. The number of hydrogen-bond acceptors (Lipinski definition) is 10. The van der Waals surface area contributed by atoms with Crippen LogP contribution in [-0.2, 0) is 23.8 Å². The van der Waals surface area contributed by atoms with Crippen LogP contribution in [0.3, 0.4) is 0 Å². The molecule has 0 radical (unpaired) electrons. The van der Waals surface area contributed by atoms with E-state index in [1.165, 1.54) is 180 Å². The van der Waals surface area contributed by atoms with Crippen LogP contribution in [0.5, 0.6) is 0 Å². The Morgan fingerprint density at radius 3 is 1.37 bits per heavy atom. The number of hydrogen-bond donors (Lipinski definition) is 6. The fourth-order valence-electron chi connectivity index (χ4n) is 9.26. The SMILES string of the molecule is CCCCCCCCC/C=C/C(O)C(COC1OC(CO)C(O)C(O)C1O)NC(=O)CCCCCCCCCCCCCCCCCOC(=O)CCCCCCCCCCCCCCCCCC. The molecular weight excluding hydrogens is 859 g/mol. The van der Waals surface area contributed by atoms with E-state index < -0.39 is 49.5 Å². The second kappa shape index (κ2) is 47.7. The molecule has 1 saturated heterocycles.